The summed E-state index contributed by atoms with van der Waals surface area (Å²) in [4.78, 5) is 12.5. The van der Waals surface area contributed by atoms with Gasteiger partial charge < -0.3 is 10.1 Å². The monoisotopic (exact) mass is 483 g/mol. The molecule has 0 spiro atoms. The van der Waals surface area contributed by atoms with Gasteiger partial charge >= 0.3 is 0 Å². The van der Waals surface area contributed by atoms with Crippen LogP contribution in [0.3, 0.4) is 0 Å². The Bertz CT molecular complexity index is 1130. The number of carbonyl (C=O) groups excluding carboxylic acids is 1. The van der Waals surface area contributed by atoms with Crippen molar-refractivity contribution in [2.24, 2.45) is 0 Å². The number of rotatable bonds is 10. The number of ether oxygens (including phenoxy) is 1. The zero-order valence-electron chi connectivity index (χ0n) is 18.8. The third kappa shape index (κ3) is 6.94. The molecule has 0 aromatic heterocycles. The topological polar surface area (TPSA) is 113 Å². The predicted molar refractivity (Wildman–Crippen MR) is 124 cm³/mol. The molecule has 1 N–H and O–H groups in total. The summed E-state index contributed by atoms with van der Waals surface area (Å²) < 4.78 is 56.6. The summed E-state index contributed by atoms with van der Waals surface area (Å²) in [5.74, 6) is 0.155. The molecule has 2 aromatic rings. The number of aryl methyl sites for hydroxylation is 1. The molecule has 0 fully saturated rings. The molecule has 0 aliphatic rings. The normalized spacial score (nSPS) is 12.9. The molecule has 1 amide bonds. The number of anilines is 1. The Morgan fingerprint density at radius 1 is 1.00 bits per heavy atom. The summed E-state index contributed by atoms with van der Waals surface area (Å²) in [6.07, 6.45) is 0.981. The van der Waals surface area contributed by atoms with Crippen LogP contribution < -0.4 is 14.4 Å². The van der Waals surface area contributed by atoms with E-state index in [-0.39, 0.29) is 23.2 Å². The molecule has 9 nitrogen and oxygen atoms in total. The van der Waals surface area contributed by atoms with Crippen molar-refractivity contribution in [3.05, 3.63) is 54.1 Å². The molecule has 0 bridgehead atoms. The Morgan fingerprint density at radius 3 is 2.06 bits per heavy atom. The van der Waals surface area contributed by atoms with Gasteiger partial charge in [0, 0.05) is 14.1 Å². The first-order valence-electron chi connectivity index (χ1n) is 9.80. The van der Waals surface area contributed by atoms with Crippen molar-refractivity contribution in [3.8, 4) is 5.75 Å². The van der Waals surface area contributed by atoms with Crippen LogP contribution in [0.2, 0.25) is 0 Å². The van der Waals surface area contributed by atoms with Crippen molar-refractivity contribution in [1.29, 1.82) is 0 Å². The SMILES string of the molecule is Cc1ccc(OCC(C)NC(=O)CN(c2ccc(S(=O)(=O)N(C)C)cc2)S(C)(=O)=O)cc1. The van der Waals surface area contributed by atoms with Crippen molar-refractivity contribution in [3.63, 3.8) is 0 Å². The maximum atomic E-state index is 12.5. The lowest BCUT2D eigenvalue weighted by molar-refractivity contribution is -0.120. The van der Waals surface area contributed by atoms with E-state index < -0.39 is 32.5 Å². The molecular formula is C21H29N3O6S2. The zero-order chi connectivity index (χ0) is 24.1. The zero-order valence-corrected chi connectivity index (χ0v) is 20.4. The quantitative estimate of drug-likeness (QED) is 0.549. The van der Waals surface area contributed by atoms with Gasteiger partial charge in [0.25, 0.3) is 0 Å². The average molecular weight is 484 g/mol. The Labute approximate surface area is 190 Å². The van der Waals surface area contributed by atoms with Crippen molar-refractivity contribution in [1.82, 2.24) is 9.62 Å². The second-order valence-electron chi connectivity index (χ2n) is 7.64. The van der Waals surface area contributed by atoms with Gasteiger partial charge in [0.1, 0.15) is 18.9 Å². The number of nitrogens with one attached hydrogen (secondary N) is 1. The number of carbonyl (C=O) groups is 1. The molecule has 11 heteroatoms. The maximum absolute atomic E-state index is 12.5. The summed E-state index contributed by atoms with van der Waals surface area (Å²) >= 11 is 0. The molecule has 0 radical (unpaired) electrons. The maximum Gasteiger partial charge on any atom is 0.242 e. The number of amides is 1. The van der Waals surface area contributed by atoms with Crippen LogP contribution in [0.25, 0.3) is 0 Å². The first-order valence-corrected chi connectivity index (χ1v) is 13.1. The third-order valence-electron chi connectivity index (χ3n) is 4.52. The van der Waals surface area contributed by atoms with Gasteiger partial charge in [-0.25, -0.2) is 21.1 Å². The molecule has 1 unspecified atom stereocenters. The molecule has 1 atom stereocenters. The van der Waals surface area contributed by atoms with Gasteiger partial charge in [0.2, 0.25) is 26.0 Å². The summed E-state index contributed by atoms with van der Waals surface area (Å²) in [5.41, 5.74) is 1.29. The number of nitrogens with zero attached hydrogens (tertiary/aromatic N) is 2. The molecular weight excluding hydrogens is 454 g/mol. The van der Waals surface area contributed by atoms with E-state index in [4.69, 9.17) is 4.74 Å². The lowest BCUT2D eigenvalue weighted by Crippen LogP contribution is -2.44. The molecule has 0 aliphatic carbocycles. The van der Waals surface area contributed by atoms with Crippen molar-refractivity contribution in [2.45, 2.75) is 24.8 Å². The molecule has 0 heterocycles. The minimum atomic E-state index is -3.79. The van der Waals surface area contributed by atoms with E-state index in [0.717, 1.165) is 20.4 Å². The van der Waals surface area contributed by atoms with E-state index in [1.54, 1.807) is 6.92 Å². The number of hydrogen-bond donors (Lipinski definition) is 1. The number of sulfonamides is 2. The van der Waals surface area contributed by atoms with Crippen LogP contribution >= 0.6 is 0 Å². The summed E-state index contributed by atoms with van der Waals surface area (Å²) in [5, 5.41) is 2.71. The fraction of sp³-hybridized carbons (Fsp3) is 0.381. The molecule has 2 rings (SSSR count). The summed E-state index contributed by atoms with van der Waals surface area (Å²) in [7, 11) is -4.64. The molecule has 32 heavy (non-hydrogen) atoms. The smallest absolute Gasteiger partial charge is 0.242 e. The van der Waals surface area contributed by atoms with Gasteiger partial charge in [-0.1, -0.05) is 17.7 Å². The first kappa shape index (κ1) is 25.6. The lowest BCUT2D eigenvalue weighted by atomic mass is 10.2. The van der Waals surface area contributed by atoms with E-state index in [1.165, 1.54) is 38.4 Å². The van der Waals surface area contributed by atoms with E-state index in [2.05, 4.69) is 5.32 Å². The Morgan fingerprint density at radius 2 is 1.56 bits per heavy atom. The summed E-state index contributed by atoms with van der Waals surface area (Å²) in [6, 6.07) is 12.4. The van der Waals surface area contributed by atoms with Crippen molar-refractivity contribution in [2.75, 3.05) is 37.8 Å². The molecule has 0 saturated carbocycles. The van der Waals surface area contributed by atoms with Gasteiger partial charge in [-0.2, -0.15) is 0 Å². The Kier molecular flexibility index (Phi) is 8.27. The van der Waals surface area contributed by atoms with Crippen LogP contribution in [0.1, 0.15) is 12.5 Å². The molecule has 0 aliphatic heterocycles. The van der Waals surface area contributed by atoms with E-state index in [1.807, 2.05) is 31.2 Å². The van der Waals surface area contributed by atoms with Gasteiger partial charge in [-0.15, -0.1) is 0 Å². The Hall–Kier alpha value is -2.63. The van der Waals surface area contributed by atoms with Gasteiger partial charge in [0.15, 0.2) is 0 Å². The minimum absolute atomic E-state index is 0.0195. The van der Waals surface area contributed by atoms with Gasteiger partial charge in [-0.05, 0) is 50.2 Å². The van der Waals surface area contributed by atoms with Crippen LogP contribution in [0, 0.1) is 6.92 Å². The fourth-order valence-corrected chi connectivity index (χ4v) is 4.50. The second-order valence-corrected chi connectivity index (χ2v) is 11.7. The molecule has 2 aromatic carbocycles. The number of benzene rings is 2. The fourth-order valence-electron chi connectivity index (χ4n) is 2.74. The minimum Gasteiger partial charge on any atom is -0.491 e. The van der Waals surface area contributed by atoms with E-state index >= 15 is 0 Å². The highest BCUT2D eigenvalue weighted by Gasteiger charge is 2.23. The van der Waals surface area contributed by atoms with Gasteiger partial charge in [0.05, 0.1) is 22.9 Å². The second kappa shape index (κ2) is 10.3. The van der Waals surface area contributed by atoms with Crippen molar-refractivity contribution >= 4 is 31.6 Å². The molecule has 0 saturated heterocycles. The highest BCUT2D eigenvalue weighted by molar-refractivity contribution is 7.92. The van der Waals surface area contributed by atoms with Crippen LogP contribution in [0.15, 0.2) is 53.4 Å². The highest BCUT2D eigenvalue weighted by Crippen LogP contribution is 2.21. The van der Waals surface area contributed by atoms with Gasteiger partial charge in [-0.3, -0.25) is 9.10 Å². The van der Waals surface area contributed by atoms with Crippen LogP contribution in [0.5, 0.6) is 5.75 Å². The average Bonchev–Trinajstić information content (AvgIpc) is 2.71. The summed E-state index contributed by atoms with van der Waals surface area (Å²) in [6.45, 7) is 3.48. The van der Waals surface area contributed by atoms with Crippen molar-refractivity contribution < 1.29 is 26.4 Å². The van der Waals surface area contributed by atoms with E-state index in [9.17, 15) is 21.6 Å². The van der Waals surface area contributed by atoms with E-state index in [0.29, 0.717) is 5.75 Å². The van der Waals surface area contributed by atoms with Crippen LogP contribution in [-0.4, -0.2) is 66.6 Å². The van der Waals surface area contributed by atoms with Crippen LogP contribution in [-0.2, 0) is 24.8 Å². The molecule has 176 valence electrons. The largest absolute Gasteiger partial charge is 0.491 e. The number of hydrogen-bond acceptors (Lipinski definition) is 6. The standard InChI is InChI=1S/C21H29N3O6S2/c1-16-6-10-19(11-7-16)30-15-17(2)22-21(25)14-24(31(5,26)27)18-8-12-20(13-9-18)32(28,29)23(3)4/h6-13,17H,14-15H2,1-5H3,(H,22,25). The lowest BCUT2D eigenvalue weighted by Gasteiger charge is -2.23. The Balaban J connectivity index is 2.05. The first-order chi connectivity index (χ1) is 14.8. The predicted octanol–water partition coefficient (Wildman–Crippen LogP) is 1.60. The highest BCUT2D eigenvalue weighted by atomic mass is 32.2. The third-order valence-corrected chi connectivity index (χ3v) is 7.49. The van der Waals surface area contributed by atoms with Crippen LogP contribution in [0.4, 0.5) is 5.69 Å².